The molecule has 0 heterocycles. The Bertz CT molecular complexity index is 698. The van der Waals surface area contributed by atoms with Crippen LogP contribution in [0.2, 0.25) is 0 Å². The summed E-state index contributed by atoms with van der Waals surface area (Å²) >= 11 is 3.43. The fraction of sp³-hybridized carbons (Fsp3) is 0.316. The van der Waals surface area contributed by atoms with Crippen molar-refractivity contribution in [2.45, 2.75) is 13.5 Å². The fourth-order valence-electron chi connectivity index (χ4n) is 2.56. The quantitative estimate of drug-likeness (QED) is 0.794. The molecule has 2 aromatic carbocycles. The van der Waals surface area contributed by atoms with Gasteiger partial charge in [0.05, 0.1) is 7.05 Å². The van der Waals surface area contributed by atoms with Gasteiger partial charge in [-0.15, -0.1) is 0 Å². The Kier molecular flexibility index (Phi) is 6.40. The number of amides is 1. The highest BCUT2D eigenvalue weighted by molar-refractivity contribution is 9.10. The zero-order chi connectivity index (χ0) is 17.7. The smallest absolute Gasteiger partial charge is 0.279 e. The molecule has 24 heavy (non-hydrogen) atoms. The van der Waals surface area contributed by atoms with E-state index in [2.05, 4.69) is 50.4 Å². The standard InChI is InChI=1S/C19H24BrN3O/c1-14-11-16(20)7-10-18(14)21-19(24)13-23(4)12-15-5-8-17(9-6-15)22(2)3/h5-11H,12-13H2,1-4H3,(H,21,24)/p+1. The van der Waals surface area contributed by atoms with E-state index >= 15 is 0 Å². The maximum absolute atomic E-state index is 12.2. The van der Waals surface area contributed by atoms with Crippen LogP contribution in [0.25, 0.3) is 0 Å². The molecule has 2 rings (SSSR count). The highest BCUT2D eigenvalue weighted by atomic mass is 79.9. The predicted octanol–water partition coefficient (Wildman–Crippen LogP) is 2.48. The molecule has 1 unspecified atom stereocenters. The Morgan fingerprint density at radius 3 is 2.42 bits per heavy atom. The van der Waals surface area contributed by atoms with Gasteiger partial charge in [-0.2, -0.15) is 0 Å². The Morgan fingerprint density at radius 2 is 1.83 bits per heavy atom. The lowest BCUT2D eigenvalue weighted by atomic mass is 10.2. The number of hydrogen-bond acceptors (Lipinski definition) is 2. The molecular formula is C19H25BrN3O+. The first-order valence-electron chi connectivity index (χ1n) is 7.98. The molecule has 5 heteroatoms. The second-order valence-electron chi connectivity index (χ2n) is 6.38. The number of likely N-dealkylation sites (N-methyl/N-ethyl adjacent to an activating group) is 1. The van der Waals surface area contributed by atoms with E-state index < -0.39 is 0 Å². The van der Waals surface area contributed by atoms with Gasteiger partial charge in [0.15, 0.2) is 6.54 Å². The van der Waals surface area contributed by atoms with Crippen molar-refractivity contribution in [2.75, 3.05) is 37.9 Å². The highest BCUT2D eigenvalue weighted by Gasteiger charge is 2.12. The summed E-state index contributed by atoms with van der Waals surface area (Å²) in [6.07, 6.45) is 0. The van der Waals surface area contributed by atoms with Crippen LogP contribution in [0.15, 0.2) is 46.9 Å². The topological polar surface area (TPSA) is 36.8 Å². The van der Waals surface area contributed by atoms with Crippen molar-refractivity contribution in [1.82, 2.24) is 0 Å². The molecule has 0 spiro atoms. The molecule has 0 aliphatic carbocycles. The molecule has 0 saturated heterocycles. The number of quaternary nitrogens is 1. The summed E-state index contributed by atoms with van der Waals surface area (Å²) in [5.41, 5.74) is 4.33. The monoisotopic (exact) mass is 390 g/mol. The first-order chi connectivity index (χ1) is 11.3. The largest absolute Gasteiger partial charge is 0.378 e. The lowest BCUT2D eigenvalue weighted by Gasteiger charge is -2.16. The first-order valence-corrected chi connectivity index (χ1v) is 8.78. The summed E-state index contributed by atoms with van der Waals surface area (Å²) in [6.45, 7) is 3.24. The van der Waals surface area contributed by atoms with Crippen LogP contribution in [0, 0.1) is 6.92 Å². The molecule has 1 amide bonds. The highest BCUT2D eigenvalue weighted by Crippen LogP contribution is 2.19. The van der Waals surface area contributed by atoms with Crippen molar-refractivity contribution in [3.05, 3.63) is 58.1 Å². The average Bonchev–Trinajstić information content (AvgIpc) is 2.50. The van der Waals surface area contributed by atoms with Gasteiger partial charge in [0.25, 0.3) is 5.91 Å². The Hall–Kier alpha value is -1.85. The van der Waals surface area contributed by atoms with Crippen molar-refractivity contribution in [2.24, 2.45) is 0 Å². The molecule has 0 aliphatic rings. The summed E-state index contributed by atoms with van der Waals surface area (Å²) in [4.78, 5) is 15.5. The third-order valence-electron chi connectivity index (χ3n) is 3.88. The van der Waals surface area contributed by atoms with E-state index in [0.29, 0.717) is 6.54 Å². The third kappa shape index (κ3) is 5.35. The minimum atomic E-state index is 0.0304. The van der Waals surface area contributed by atoms with Crippen molar-refractivity contribution < 1.29 is 9.69 Å². The van der Waals surface area contributed by atoms with Crippen LogP contribution in [0.5, 0.6) is 0 Å². The van der Waals surface area contributed by atoms with E-state index in [1.807, 2.05) is 46.3 Å². The Balaban J connectivity index is 1.89. The third-order valence-corrected chi connectivity index (χ3v) is 4.38. The minimum Gasteiger partial charge on any atom is -0.378 e. The summed E-state index contributed by atoms with van der Waals surface area (Å²) in [6, 6.07) is 14.3. The van der Waals surface area contributed by atoms with Gasteiger partial charge in [0.1, 0.15) is 6.54 Å². The predicted molar refractivity (Wildman–Crippen MR) is 104 cm³/mol. The summed E-state index contributed by atoms with van der Waals surface area (Å²) < 4.78 is 1.02. The van der Waals surface area contributed by atoms with Crippen LogP contribution < -0.4 is 15.1 Å². The van der Waals surface area contributed by atoms with Gasteiger partial charge < -0.3 is 15.1 Å². The molecule has 0 saturated carbocycles. The second-order valence-corrected chi connectivity index (χ2v) is 7.29. The van der Waals surface area contributed by atoms with Gasteiger partial charge in [0.2, 0.25) is 0 Å². The van der Waals surface area contributed by atoms with Crippen LogP contribution >= 0.6 is 15.9 Å². The number of anilines is 2. The lowest BCUT2D eigenvalue weighted by Crippen LogP contribution is -3.08. The van der Waals surface area contributed by atoms with E-state index in [4.69, 9.17) is 0 Å². The number of benzene rings is 2. The molecule has 0 bridgehead atoms. The van der Waals surface area contributed by atoms with E-state index in [1.54, 1.807) is 0 Å². The first kappa shape index (κ1) is 18.5. The fourth-order valence-corrected chi connectivity index (χ4v) is 3.03. The maximum atomic E-state index is 12.2. The van der Waals surface area contributed by atoms with Gasteiger partial charge in [-0.1, -0.05) is 28.1 Å². The van der Waals surface area contributed by atoms with Crippen molar-refractivity contribution in [1.29, 1.82) is 0 Å². The molecule has 4 nitrogen and oxygen atoms in total. The number of aryl methyl sites for hydroxylation is 1. The van der Waals surface area contributed by atoms with E-state index in [9.17, 15) is 4.79 Å². The number of rotatable bonds is 6. The molecule has 0 radical (unpaired) electrons. The molecule has 128 valence electrons. The SMILES string of the molecule is Cc1cc(Br)ccc1NC(=O)C[NH+](C)Cc1ccc(N(C)C)cc1. The molecular weight excluding hydrogens is 366 g/mol. The number of nitrogens with zero attached hydrogens (tertiary/aromatic N) is 1. The number of carbonyl (C=O) groups is 1. The Labute approximate surface area is 152 Å². The summed E-state index contributed by atoms with van der Waals surface area (Å²) in [5.74, 6) is 0.0304. The number of carbonyl (C=O) groups excluding carboxylic acids is 1. The second kappa shape index (κ2) is 8.31. The number of nitrogens with one attached hydrogen (secondary N) is 2. The van der Waals surface area contributed by atoms with E-state index in [-0.39, 0.29) is 5.91 Å². The van der Waals surface area contributed by atoms with Gasteiger partial charge in [-0.3, -0.25) is 4.79 Å². The molecule has 0 fully saturated rings. The van der Waals surface area contributed by atoms with Gasteiger partial charge >= 0.3 is 0 Å². The molecule has 1 atom stereocenters. The van der Waals surface area contributed by atoms with Crippen molar-refractivity contribution >= 4 is 33.2 Å². The zero-order valence-electron chi connectivity index (χ0n) is 14.7. The normalized spacial score (nSPS) is 11.9. The minimum absolute atomic E-state index is 0.0304. The average molecular weight is 391 g/mol. The van der Waals surface area contributed by atoms with Crippen LogP contribution in [0.4, 0.5) is 11.4 Å². The Morgan fingerprint density at radius 1 is 1.17 bits per heavy atom. The van der Waals surface area contributed by atoms with Crippen molar-refractivity contribution in [3.63, 3.8) is 0 Å². The van der Waals surface area contributed by atoms with Crippen LogP contribution in [0.1, 0.15) is 11.1 Å². The molecule has 0 aliphatic heterocycles. The zero-order valence-corrected chi connectivity index (χ0v) is 16.3. The van der Waals surface area contributed by atoms with Crippen LogP contribution in [-0.4, -0.2) is 33.6 Å². The maximum Gasteiger partial charge on any atom is 0.279 e. The van der Waals surface area contributed by atoms with Crippen LogP contribution in [-0.2, 0) is 11.3 Å². The van der Waals surface area contributed by atoms with Crippen molar-refractivity contribution in [3.8, 4) is 0 Å². The van der Waals surface area contributed by atoms with Gasteiger partial charge in [-0.25, -0.2) is 0 Å². The lowest BCUT2D eigenvalue weighted by molar-refractivity contribution is -0.885. The van der Waals surface area contributed by atoms with Gasteiger partial charge in [-0.05, 0) is 42.8 Å². The molecule has 2 aromatic rings. The summed E-state index contributed by atoms with van der Waals surface area (Å²) in [5, 5.41) is 2.99. The van der Waals surface area contributed by atoms with Gasteiger partial charge in [0, 0.05) is 35.5 Å². The van der Waals surface area contributed by atoms with E-state index in [0.717, 1.165) is 27.2 Å². The summed E-state index contributed by atoms with van der Waals surface area (Å²) in [7, 11) is 6.09. The number of halogens is 1. The molecule has 2 N–H and O–H groups in total. The molecule has 0 aromatic heterocycles. The van der Waals surface area contributed by atoms with Crippen LogP contribution in [0.3, 0.4) is 0 Å². The number of hydrogen-bond donors (Lipinski definition) is 2. The van der Waals surface area contributed by atoms with E-state index in [1.165, 1.54) is 11.3 Å².